The lowest BCUT2D eigenvalue weighted by molar-refractivity contribution is -0.149. The Hall–Kier alpha value is -2.45. The molecule has 1 N–H and O–H groups in total. The summed E-state index contributed by atoms with van der Waals surface area (Å²) in [6.45, 7) is -1.14. The van der Waals surface area contributed by atoms with E-state index < -0.39 is 41.9 Å². The highest BCUT2D eigenvalue weighted by Crippen LogP contribution is 2.36. The summed E-state index contributed by atoms with van der Waals surface area (Å²) < 4.78 is 48.2. The molecule has 0 unspecified atom stereocenters. The molecular formula is C17H12Cl2F3NO4. The van der Waals surface area contributed by atoms with Crippen molar-refractivity contribution in [3.8, 4) is 5.75 Å². The van der Waals surface area contributed by atoms with Crippen molar-refractivity contribution >= 4 is 40.8 Å². The number of amides is 1. The molecule has 27 heavy (non-hydrogen) atoms. The van der Waals surface area contributed by atoms with Crippen LogP contribution in [0, 0.1) is 0 Å². The van der Waals surface area contributed by atoms with Crippen molar-refractivity contribution in [2.75, 3.05) is 18.5 Å². The minimum absolute atomic E-state index is 0.134. The van der Waals surface area contributed by atoms with Gasteiger partial charge in [0.1, 0.15) is 5.75 Å². The van der Waals surface area contributed by atoms with Gasteiger partial charge in [-0.1, -0.05) is 23.2 Å². The van der Waals surface area contributed by atoms with E-state index in [2.05, 4.69) is 5.32 Å². The number of anilines is 1. The summed E-state index contributed by atoms with van der Waals surface area (Å²) >= 11 is 11.2. The summed E-state index contributed by atoms with van der Waals surface area (Å²) in [6.07, 6.45) is -4.66. The first kappa shape index (κ1) is 20.9. The predicted molar refractivity (Wildman–Crippen MR) is 93.0 cm³/mol. The molecule has 0 saturated heterocycles. The van der Waals surface area contributed by atoms with E-state index >= 15 is 0 Å². The van der Waals surface area contributed by atoms with Crippen LogP contribution in [0.25, 0.3) is 0 Å². The third-order valence-electron chi connectivity index (χ3n) is 3.09. The first-order chi connectivity index (χ1) is 12.6. The number of nitrogens with one attached hydrogen (secondary N) is 1. The number of hydrogen-bond donors (Lipinski definition) is 1. The number of ether oxygens (including phenoxy) is 2. The Balaban J connectivity index is 1.82. The fourth-order valence-electron chi connectivity index (χ4n) is 1.88. The Morgan fingerprint density at radius 2 is 1.67 bits per heavy atom. The lowest BCUT2D eigenvalue weighted by atomic mass is 10.2. The zero-order valence-electron chi connectivity index (χ0n) is 13.5. The van der Waals surface area contributed by atoms with Gasteiger partial charge in [-0.2, -0.15) is 13.2 Å². The third kappa shape index (κ3) is 6.65. The van der Waals surface area contributed by atoms with E-state index in [1.165, 1.54) is 6.07 Å². The van der Waals surface area contributed by atoms with E-state index in [0.717, 1.165) is 6.07 Å². The number of benzene rings is 2. The van der Waals surface area contributed by atoms with Crippen molar-refractivity contribution in [3.05, 3.63) is 58.1 Å². The van der Waals surface area contributed by atoms with Gasteiger partial charge >= 0.3 is 12.1 Å². The molecular weight excluding hydrogens is 410 g/mol. The van der Waals surface area contributed by atoms with Crippen molar-refractivity contribution in [1.82, 2.24) is 0 Å². The van der Waals surface area contributed by atoms with E-state index in [-0.39, 0.29) is 5.69 Å². The molecule has 0 saturated carbocycles. The predicted octanol–water partition coefficient (Wildman–Crippen LogP) is 4.57. The second-order valence-corrected chi connectivity index (χ2v) is 5.99. The van der Waals surface area contributed by atoms with Gasteiger partial charge in [-0.15, -0.1) is 0 Å². The Bertz CT molecular complexity index is 826. The SMILES string of the molecule is O=C(COC(=O)COc1ccc(Cl)cc1)Nc1ccc(Cl)c(C(F)(F)F)c1. The number of hydrogen-bond acceptors (Lipinski definition) is 4. The van der Waals surface area contributed by atoms with Gasteiger partial charge in [0.05, 0.1) is 10.6 Å². The molecule has 0 radical (unpaired) electrons. The minimum Gasteiger partial charge on any atom is -0.482 e. The van der Waals surface area contributed by atoms with E-state index in [9.17, 15) is 22.8 Å². The molecule has 2 aromatic carbocycles. The van der Waals surface area contributed by atoms with Gasteiger partial charge in [-0.3, -0.25) is 4.79 Å². The Morgan fingerprint density at radius 1 is 1.00 bits per heavy atom. The number of alkyl halides is 3. The van der Waals surface area contributed by atoms with Crippen molar-refractivity contribution < 1.29 is 32.2 Å². The van der Waals surface area contributed by atoms with Gasteiger partial charge in [0.25, 0.3) is 5.91 Å². The first-order valence-electron chi connectivity index (χ1n) is 7.36. The van der Waals surface area contributed by atoms with E-state index in [0.29, 0.717) is 16.8 Å². The molecule has 0 atom stereocenters. The molecule has 0 bridgehead atoms. The zero-order chi connectivity index (χ0) is 20.0. The van der Waals surface area contributed by atoms with Crippen LogP contribution < -0.4 is 10.1 Å². The summed E-state index contributed by atoms with van der Waals surface area (Å²) in [6, 6.07) is 9.11. The maximum atomic E-state index is 12.8. The molecule has 0 heterocycles. The average Bonchev–Trinajstić information content (AvgIpc) is 2.60. The quantitative estimate of drug-likeness (QED) is 0.693. The summed E-state index contributed by atoms with van der Waals surface area (Å²) in [5.41, 5.74) is -1.22. The maximum Gasteiger partial charge on any atom is 0.417 e. The molecule has 0 aliphatic carbocycles. The Morgan fingerprint density at radius 3 is 2.30 bits per heavy atom. The number of esters is 1. The summed E-state index contributed by atoms with van der Waals surface area (Å²) in [7, 11) is 0. The smallest absolute Gasteiger partial charge is 0.417 e. The topological polar surface area (TPSA) is 64.6 Å². The summed E-state index contributed by atoms with van der Waals surface area (Å²) in [5, 5.41) is 2.19. The van der Waals surface area contributed by atoms with Crippen LogP contribution in [-0.2, 0) is 20.5 Å². The molecule has 5 nitrogen and oxygen atoms in total. The van der Waals surface area contributed by atoms with Crippen LogP contribution in [-0.4, -0.2) is 25.1 Å². The van der Waals surface area contributed by atoms with Crippen molar-refractivity contribution in [2.45, 2.75) is 6.18 Å². The van der Waals surface area contributed by atoms with Crippen LogP contribution >= 0.6 is 23.2 Å². The Labute approximate surface area is 162 Å². The van der Waals surface area contributed by atoms with E-state index in [1.54, 1.807) is 24.3 Å². The van der Waals surface area contributed by atoms with Crippen LogP contribution in [0.5, 0.6) is 5.75 Å². The second-order valence-electron chi connectivity index (χ2n) is 5.14. The molecule has 10 heteroatoms. The highest BCUT2D eigenvalue weighted by atomic mass is 35.5. The van der Waals surface area contributed by atoms with Crippen LogP contribution in [0.1, 0.15) is 5.56 Å². The monoisotopic (exact) mass is 421 g/mol. The maximum absolute atomic E-state index is 12.8. The van der Waals surface area contributed by atoms with Gasteiger partial charge in [-0.25, -0.2) is 4.79 Å². The number of carbonyl (C=O) groups excluding carboxylic acids is 2. The van der Waals surface area contributed by atoms with Crippen molar-refractivity contribution in [3.63, 3.8) is 0 Å². The number of carbonyl (C=O) groups is 2. The lowest BCUT2D eigenvalue weighted by Crippen LogP contribution is -2.23. The highest BCUT2D eigenvalue weighted by Gasteiger charge is 2.33. The lowest BCUT2D eigenvalue weighted by Gasteiger charge is -2.12. The van der Waals surface area contributed by atoms with Crippen LogP contribution in [0.15, 0.2) is 42.5 Å². The standard InChI is InChI=1S/C17H12Cl2F3NO4/c18-10-1-4-12(5-2-10)26-9-16(25)27-8-15(24)23-11-3-6-14(19)13(7-11)17(20,21)22/h1-7H,8-9H2,(H,23,24). The fourth-order valence-corrected chi connectivity index (χ4v) is 2.23. The van der Waals surface area contributed by atoms with Gasteiger partial charge in [0.2, 0.25) is 0 Å². The van der Waals surface area contributed by atoms with Crippen LogP contribution in [0.2, 0.25) is 10.0 Å². The molecule has 144 valence electrons. The van der Waals surface area contributed by atoms with Gasteiger partial charge in [-0.05, 0) is 42.5 Å². The second kappa shape index (κ2) is 8.96. The molecule has 0 fully saturated rings. The third-order valence-corrected chi connectivity index (χ3v) is 3.67. The summed E-state index contributed by atoms with van der Waals surface area (Å²) in [4.78, 5) is 23.3. The van der Waals surface area contributed by atoms with E-state index in [4.69, 9.17) is 32.7 Å². The van der Waals surface area contributed by atoms with Crippen molar-refractivity contribution in [1.29, 1.82) is 0 Å². The molecule has 0 spiro atoms. The fraction of sp³-hybridized carbons (Fsp3) is 0.176. The number of halogens is 5. The van der Waals surface area contributed by atoms with Crippen LogP contribution in [0.3, 0.4) is 0 Å². The highest BCUT2D eigenvalue weighted by molar-refractivity contribution is 6.31. The number of rotatable bonds is 6. The minimum atomic E-state index is -4.66. The first-order valence-corrected chi connectivity index (χ1v) is 8.11. The van der Waals surface area contributed by atoms with Crippen LogP contribution in [0.4, 0.5) is 18.9 Å². The van der Waals surface area contributed by atoms with Gasteiger partial charge in [0, 0.05) is 10.7 Å². The Kier molecular flexibility index (Phi) is 6.92. The van der Waals surface area contributed by atoms with Gasteiger partial charge < -0.3 is 14.8 Å². The van der Waals surface area contributed by atoms with Gasteiger partial charge in [0.15, 0.2) is 13.2 Å². The molecule has 2 aromatic rings. The molecule has 2 rings (SSSR count). The normalized spacial score (nSPS) is 11.0. The zero-order valence-corrected chi connectivity index (χ0v) is 15.0. The molecule has 0 aliphatic rings. The van der Waals surface area contributed by atoms with Crippen molar-refractivity contribution in [2.24, 2.45) is 0 Å². The van der Waals surface area contributed by atoms with E-state index in [1.807, 2.05) is 0 Å². The molecule has 0 aliphatic heterocycles. The molecule has 1 amide bonds. The average molecular weight is 422 g/mol. The summed E-state index contributed by atoms with van der Waals surface area (Å²) in [5.74, 6) is -1.26. The molecule has 0 aromatic heterocycles. The largest absolute Gasteiger partial charge is 0.482 e.